The molecule has 2 aliphatic rings. The Kier molecular flexibility index (Phi) is 5.43. The molecule has 1 unspecified atom stereocenters. The van der Waals surface area contributed by atoms with E-state index >= 15 is 0 Å². The number of benzene rings is 1. The average molecular weight is 366 g/mol. The summed E-state index contributed by atoms with van der Waals surface area (Å²) in [5.41, 5.74) is 0.861. The molecule has 0 aromatic heterocycles. The van der Waals surface area contributed by atoms with Gasteiger partial charge >= 0.3 is 6.09 Å². The number of aliphatic hydroxyl groups is 2. The monoisotopic (exact) mass is 366 g/mol. The molecule has 3 N–H and O–H groups in total. The molecule has 0 spiro atoms. The number of amides is 2. The number of halogens is 1. The Labute approximate surface area is 150 Å². The molecule has 3 rings (SSSR count). The van der Waals surface area contributed by atoms with Crippen molar-refractivity contribution in [3.8, 4) is 0 Å². The molecule has 1 heterocycles. The lowest BCUT2D eigenvalue weighted by Gasteiger charge is -2.30. The Morgan fingerprint density at radius 3 is 2.77 bits per heavy atom. The van der Waals surface area contributed by atoms with Crippen LogP contribution in [0.25, 0.3) is 0 Å². The van der Waals surface area contributed by atoms with Crippen LogP contribution in [-0.4, -0.2) is 53.6 Å². The van der Waals surface area contributed by atoms with Gasteiger partial charge in [0.05, 0.1) is 31.0 Å². The first kappa shape index (κ1) is 18.6. The van der Waals surface area contributed by atoms with Crippen LogP contribution in [0.3, 0.4) is 0 Å². The van der Waals surface area contributed by atoms with Gasteiger partial charge in [0.25, 0.3) is 0 Å². The molecule has 8 heteroatoms. The van der Waals surface area contributed by atoms with Crippen LogP contribution < -0.4 is 10.2 Å². The molecule has 4 atom stereocenters. The summed E-state index contributed by atoms with van der Waals surface area (Å²) < 4.78 is 19.8. The molecule has 2 amide bonds. The van der Waals surface area contributed by atoms with Crippen LogP contribution in [0.4, 0.5) is 14.9 Å². The number of anilines is 1. The highest BCUT2D eigenvalue weighted by atomic mass is 19.1. The Balaban J connectivity index is 1.69. The number of cyclic esters (lactones) is 1. The minimum atomic E-state index is -0.851. The zero-order valence-electron chi connectivity index (χ0n) is 14.5. The molecule has 1 aromatic rings. The quantitative estimate of drug-likeness (QED) is 0.745. The third-order valence-electron chi connectivity index (χ3n) is 4.97. The molecule has 0 bridgehead atoms. The SMILES string of the molecule is CC(=O)NC[C@H]1CN(c2ccc(C3CC[C@@H](O)[C@@H](O)C3)c(F)c2)C(=O)O1. The molecule has 7 nitrogen and oxygen atoms in total. The fourth-order valence-corrected chi connectivity index (χ4v) is 3.52. The van der Waals surface area contributed by atoms with Gasteiger partial charge in [-0.2, -0.15) is 0 Å². The Hall–Kier alpha value is -2.19. The van der Waals surface area contributed by atoms with Crippen molar-refractivity contribution in [3.05, 3.63) is 29.6 Å². The van der Waals surface area contributed by atoms with E-state index in [1.807, 2.05) is 0 Å². The van der Waals surface area contributed by atoms with Crippen LogP contribution >= 0.6 is 0 Å². The molecule has 1 aromatic carbocycles. The number of nitrogens with zero attached hydrogens (tertiary/aromatic N) is 1. The molecule has 142 valence electrons. The predicted molar refractivity (Wildman–Crippen MR) is 91.3 cm³/mol. The van der Waals surface area contributed by atoms with Gasteiger partial charge in [0.15, 0.2) is 0 Å². The van der Waals surface area contributed by atoms with Gasteiger partial charge in [-0.25, -0.2) is 9.18 Å². The lowest BCUT2D eigenvalue weighted by molar-refractivity contribution is -0.119. The maximum Gasteiger partial charge on any atom is 0.414 e. The summed E-state index contributed by atoms with van der Waals surface area (Å²) in [5, 5.41) is 22.0. The zero-order valence-corrected chi connectivity index (χ0v) is 14.5. The summed E-state index contributed by atoms with van der Waals surface area (Å²) in [4.78, 5) is 24.3. The lowest BCUT2D eigenvalue weighted by Crippen LogP contribution is -2.33. The Morgan fingerprint density at radius 1 is 1.35 bits per heavy atom. The highest BCUT2D eigenvalue weighted by molar-refractivity contribution is 5.89. The van der Waals surface area contributed by atoms with Gasteiger partial charge in [0.2, 0.25) is 5.91 Å². The third kappa shape index (κ3) is 3.96. The van der Waals surface area contributed by atoms with Gasteiger partial charge in [-0.05, 0) is 42.9 Å². The first-order valence-electron chi connectivity index (χ1n) is 8.73. The normalized spacial score (nSPS) is 28.8. The van der Waals surface area contributed by atoms with Crippen molar-refractivity contribution in [3.63, 3.8) is 0 Å². The van der Waals surface area contributed by atoms with E-state index in [-0.39, 0.29) is 24.9 Å². The highest BCUT2D eigenvalue weighted by Crippen LogP contribution is 2.36. The van der Waals surface area contributed by atoms with Crippen LogP contribution in [0.5, 0.6) is 0 Å². The summed E-state index contributed by atoms with van der Waals surface area (Å²) in [6.45, 7) is 1.82. The summed E-state index contributed by atoms with van der Waals surface area (Å²) in [6, 6.07) is 4.56. The maximum absolute atomic E-state index is 14.6. The largest absolute Gasteiger partial charge is 0.442 e. The summed E-state index contributed by atoms with van der Waals surface area (Å²) in [5.74, 6) is -0.829. The molecule has 0 radical (unpaired) electrons. The van der Waals surface area contributed by atoms with Crippen molar-refractivity contribution < 1.29 is 28.9 Å². The van der Waals surface area contributed by atoms with Crippen LogP contribution in [-0.2, 0) is 9.53 Å². The molecular weight excluding hydrogens is 343 g/mol. The number of nitrogens with one attached hydrogen (secondary N) is 1. The summed E-state index contributed by atoms with van der Waals surface area (Å²) >= 11 is 0. The van der Waals surface area contributed by atoms with Crippen molar-refractivity contribution in [2.24, 2.45) is 0 Å². The van der Waals surface area contributed by atoms with Crippen LogP contribution in [0.15, 0.2) is 18.2 Å². The minimum Gasteiger partial charge on any atom is -0.442 e. The first-order valence-corrected chi connectivity index (χ1v) is 8.73. The zero-order chi connectivity index (χ0) is 18.8. The topological polar surface area (TPSA) is 99.1 Å². The van der Waals surface area contributed by atoms with E-state index in [2.05, 4.69) is 5.32 Å². The minimum absolute atomic E-state index is 0.166. The van der Waals surface area contributed by atoms with Crippen LogP contribution in [0, 0.1) is 5.82 Å². The van der Waals surface area contributed by atoms with Crippen molar-refractivity contribution in [2.45, 2.75) is 50.4 Å². The molecule has 26 heavy (non-hydrogen) atoms. The van der Waals surface area contributed by atoms with Gasteiger partial charge in [0, 0.05) is 6.92 Å². The second-order valence-corrected chi connectivity index (χ2v) is 6.90. The number of hydrogen-bond donors (Lipinski definition) is 3. The third-order valence-corrected chi connectivity index (χ3v) is 4.97. The van der Waals surface area contributed by atoms with Gasteiger partial charge in [-0.3, -0.25) is 9.69 Å². The highest BCUT2D eigenvalue weighted by Gasteiger charge is 2.34. The van der Waals surface area contributed by atoms with Gasteiger partial charge in [0.1, 0.15) is 11.9 Å². The summed E-state index contributed by atoms with van der Waals surface area (Å²) in [7, 11) is 0. The number of carbonyl (C=O) groups is 2. The second-order valence-electron chi connectivity index (χ2n) is 6.90. The lowest BCUT2D eigenvalue weighted by atomic mass is 9.81. The van der Waals surface area contributed by atoms with Crippen LogP contribution in [0.2, 0.25) is 0 Å². The fraction of sp³-hybridized carbons (Fsp3) is 0.556. The number of ether oxygens (including phenoxy) is 1. The van der Waals surface area contributed by atoms with Crippen molar-refractivity contribution in [2.75, 3.05) is 18.0 Å². The molecule has 1 saturated carbocycles. The number of aliphatic hydroxyl groups excluding tert-OH is 2. The van der Waals surface area contributed by atoms with Gasteiger partial charge in [-0.1, -0.05) is 6.07 Å². The van der Waals surface area contributed by atoms with E-state index in [1.165, 1.54) is 17.9 Å². The molecule has 1 aliphatic carbocycles. The number of carbonyl (C=O) groups excluding carboxylic acids is 2. The van der Waals surface area contributed by atoms with Crippen molar-refractivity contribution in [1.82, 2.24) is 5.32 Å². The standard InChI is InChI=1S/C18H23FN2O5/c1-10(22)20-8-13-9-21(18(25)26-13)12-3-4-14(15(19)7-12)11-2-5-16(23)17(24)6-11/h3-4,7,11,13,16-17,23-24H,2,5-6,8-9H2,1H3,(H,20,22)/t11?,13-,16+,17-/m0/s1. The predicted octanol–water partition coefficient (Wildman–Crippen LogP) is 1.28. The Bertz CT molecular complexity index is 698. The smallest absolute Gasteiger partial charge is 0.414 e. The first-order chi connectivity index (χ1) is 12.3. The van der Waals surface area contributed by atoms with Crippen LogP contribution in [0.1, 0.15) is 37.7 Å². The second kappa shape index (κ2) is 7.59. The van der Waals surface area contributed by atoms with E-state index in [0.29, 0.717) is 30.5 Å². The average Bonchev–Trinajstić information content (AvgIpc) is 2.96. The van der Waals surface area contributed by atoms with E-state index in [1.54, 1.807) is 12.1 Å². The molecule has 1 saturated heterocycles. The maximum atomic E-state index is 14.6. The van der Waals surface area contributed by atoms with Crippen molar-refractivity contribution >= 4 is 17.7 Å². The fourth-order valence-electron chi connectivity index (χ4n) is 3.52. The van der Waals surface area contributed by atoms with E-state index in [9.17, 15) is 24.2 Å². The molecule has 2 fully saturated rings. The van der Waals surface area contributed by atoms with E-state index in [0.717, 1.165) is 0 Å². The Morgan fingerprint density at radius 2 is 2.12 bits per heavy atom. The number of hydrogen-bond acceptors (Lipinski definition) is 5. The van der Waals surface area contributed by atoms with E-state index in [4.69, 9.17) is 4.74 Å². The van der Waals surface area contributed by atoms with Crippen molar-refractivity contribution in [1.29, 1.82) is 0 Å². The molecular formula is C18H23FN2O5. The number of rotatable bonds is 4. The van der Waals surface area contributed by atoms with Gasteiger partial charge in [-0.15, -0.1) is 0 Å². The summed E-state index contributed by atoms with van der Waals surface area (Å²) in [6.07, 6.45) is -1.34. The van der Waals surface area contributed by atoms with Gasteiger partial charge < -0.3 is 20.3 Å². The van der Waals surface area contributed by atoms with E-state index < -0.39 is 30.2 Å². The molecule has 1 aliphatic heterocycles.